The zero-order chi connectivity index (χ0) is 12.0. The van der Waals surface area contributed by atoms with Crippen LogP contribution in [0.3, 0.4) is 0 Å². The fraction of sp³-hybridized carbons (Fsp3) is 0.909. The molecule has 94 valence electrons. The molecule has 16 heavy (non-hydrogen) atoms. The normalized spacial score (nSPS) is 27.4. The van der Waals surface area contributed by atoms with E-state index in [4.69, 9.17) is 0 Å². The van der Waals surface area contributed by atoms with Crippen molar-refractivity contribution in [2.24, 2.45) is 0 Å². The minimum absolute atomic E-state index is 0.0552. The highest BCUT2D eigenvalue weighted by atomic mass is 32.2. The van der Waals surface area contributed by atoms with E-state index in [-0.39, 0.29) is 11.9 Å². The Kier molecular flexibility index (Phi) is 5.98. The van der Waals surface area contributed by atoms with Crippen LogP contribution in [0, 0.1) is 0 Å². The van der Waals surface area contributed by atoms with E-state index in [2.05, 4.69) is 17.6 Å². The Morgan fingerprint density at radius 1 is 1.50 bits per heavy atom. The molecule has 0 bridgehead atoms. The smallest absolute Gasteiger partial charge is 0.237 e. The largest absolute Gasteiger partial charge is 0.354 e. The number of carbonyl (C=O) groups is 1. The standard InChI is InChI=1S/C11H22N2O2S/c1-3-16(15)8-7-12-11(14)10-6-4-5-9(2)13-10/h9-10,13H,3-8H2,1-2H3,(H,12,14). The average molecular weight is 246 g/mol. The molecule has 0 spiro atoms. The molecule has 0 saturated carbocycles. The maximum absolute atomic E-state index is 11.7. The quantitative estimate of drug-likeness (QED) is 0.738. The molecule has 2 N–H and O–H groups in total. The van der Waals surface area contributed by atoms with Crippen LogP contribution in [0.15, 0.2) is 0 Å². The van der Waals surface area contributed by atoms with Gasteiger partial charge in [0.05, 0.1) is 6.04 Å². The monoisotopic (exact) mass is 246 g/mol. The second-order valence-electron chi connectivity index (χ2n) is 4.27. The topological polar surface area (TPSA) is 58.2 Å². The molecule has 1 aliphatic rings. The van der Waals surface area contributed by atoms with Gasteiger partial charge in [-0.05, 0) is 26.2 Å². The highest BCUT2D eigenvalue weighted by molar-refractivity contribution is 7.84. The lowest BCUT2D eigenvalue weighted by Gasteiger charge is -2.27. The summed E-state index contributed by atoms with van der Waals surface area (Å²) in [5.74, 6) is 1.28. The zero-order valence-electron chi connectivity index (χ0n) is 10.1. The summed E-state index contributed by atoms with van der Waals surface area (Å²) in [6.45, 7) is 4.51. The molecule has 1 fully saturated rings. The molecule has 0 aromatic rings. The molecular formula is C11H22N2O2S. The molecule has 0 aliphatic carbocycles. The van der Waals surface area contributed by atoms with Crippen molar-refractivity contribution < 1.29 is 9.00 Å². The van der Waals surface area contributed by atoms with Crippen molar-refractivity contribution in [3.63, 3.8) is 0 Å². The summed E-state index contributed by atoms with van der Waals surface area (Å²) in [4.78, 5) is 11.7. The number of hydrogen-bond donors (Lipinski definition) is 2. The van der Waals surface area contributed by atoms with E-state index in [0.717, 1.165) is 19.3 Å². The van der Waals surface area contributed by atoms with Gasteiger partial charge in [0.25, 0.3) is 0 Å². The van der Waals surface area contributed by atoms with Gasteiger partial charge in [-0.2, -0.15) is 0 Å². The van der Waals surface area contributed by atoms with Crippen molar-refractivity contribution in [2.45, 2.75) is 45.2 Å². The first kappa shape index (κ1) is 13.6. The van der Waals surface area contributed by atoms with E-state index in [1.54, 1.807) is 0 Å². The van der Waals surface area contributed by atoms with Crippen LogP contribution >= 0.6 is 0 Å². The maximum atomic E-state index is 11.7. The van der Waals surface area contributed by atoms with E-state index in [1.165, 1.54) is 0 Å². The fourth-order valence-electron chi connectivity index (χ4n) is 1.90. The highest BCUT2D eigenvalue weighted by Crippen LogP contribution is 2.11. The highest BCUT2D eigenvalue weighted by Gasteiger charge is 2.23. The minimum atomic E-state index is -0.790. The second kappa shape index (κ2) is 7.01. The average Bonchev–Trinajstić information content (AvgIpc) is 2.28. The Morgan fingerprint density at radius 3 is 2.88 bits per heavy atom. The van der Waals surface area contributed by atoms with Gasteiger partial charge in [-0.25, -0.2) is 0 Å². The Bertz CT molecular complexity index is 258. The van der Waals surface area contributed by atoms with Gasteiger partial charge in [0.2, 0.25) is 5.91 Å². The summed E-state index contributed by atoms with van der Waals surface area (Å²) < 4.78 is 11.2. The van der Waals surface area contributed by atoms with Gasteiger partial charge >= 0.3 is 0 Å². The van der Waals surface area contributed by atoms with E-state index < -0.39 is 10.8 Å². The lowest BCUT2D eigenvalue weighted by atomic mass is 9.99. The van der Waals surface area contributed by atoms with Crippen LogP contribution in [0.1, 0.15) is 33.1 Å². The third-order valence-electron chi connectivity index (χ3n) is 2.88. The molecule has 0 radical (unpaired) electrons. The third kappa shape index (κ3) is 4.61. The second-order valence-corrected chi connectivity index (χ2v) is 6.14. The van der Waals surface area contributed by atoms with Gasteiger partial charge in [0, 0.05) is 34.9 Å². The number of nitrogens with one attached hydrogen (secondary N) is 2. The van der Waals surface area contributed by atoms with Gasteiger partial charge in [0.15, 0.2) is 0 Å². The molecule has 1 heterocycles. The van der Waals surface area contributed by atoms with Crippen LogP contribution in [0.5, 0.6) is 0 Å². The third-order valence-corrected chi connectivity index (χ3v) is 4.19. The number of piperidine rings is 1. The van der Waals surface area contributed by atoms with E-state index in [9.17, 15) is 9.00 Å². The van der Waals surface area contributed by atoms with Crippen molar-refractivity contribution in [1.82, 2.24) is 10.6 Å². The predicted octanol–water partition coefficient (Wildman–Crippen LogP) is 0.402. The first-order chi connectivity index (χ1) is 7.63. The molecule has 1 amide bonds. The van der Waals surface area contributed by atoms with Gasteiger partial charge in [-0.1, -0.05) is 6.92 Å². The van der Waals surface area contributed by atoms with Gasteiger partial charge < -0.3 is 10.6 Å². The maximum Gasteiger partial charge on any atom is 0.237 e. The number of hydrogen-bond acceptors (Lipinski definition) is 3. The van der Waals surface area contributed by atoms with E-state index in [0.29, 0.717) is 24.1 Å². The number of carbonyl (C=O) groups excluding carboxylic acids is 1. The van der Waals surface area contributed by atoms with Crippen molar-refractivity contribution in [3.05, 3.63) is 0 Å². The Balaban J connectivity index is 2.21. The van der Waals surface area contributed by atoms with Crippen LogP contribution < -0.4 is 10.6 Å². The molecule has 3 atom stereocenters. The number of amides is 1. The van der Waals surface area contributed by atoms with Crippen molar-refractivity contribution >= 4 is 16.7 Å². The first-order valence-electron chi connectivity index (χ1n) is 6.02. The molecule has 4 nitrogen and oxygen atoms in total. The molecule has 1 saturated heterocycles. The number of rotatable bonds is 5. The van der Waals surface area contributed by atoms with E-state index >= 15 is 0 Å². The lowest BCUT2D eigenvalue weighted by molar-refractivity contribution is -0.123. The molecule has 3 unspecified atom stereocenters. The van der Waals surface area contributed by atoms with Crippen LogP contribution in [0.4, 0.5) is 0 Å². The summed E-state index contributed by atoms with van der Waals surface area (Å²) in [5.41, 5.74) is 0. The van der Waals surface area contributed by atoms with Crippen LogP contribution in [0.25, 0.3) is 0 Å². The van der Waals surface area contributed by atoms with E-state index in [1.807, 2.05) is 6.92 Å². The molecule has 0 aromatic carbocycles. The Labute approximate surface area is 100 Å². The summed E-state index contributed by atoms with van der Waals surface area (Å²) in [6, 6.07) is 0.369. The van der Waals surface area contributed by atoms with Gasteiger partial charge in [-0.15, -0.1) is 0 Å². The Morgan fingerprint density at radius 2 is 2.25 bits per heavy atom. The van der Waals surface area contributed by atoms with Gasteiger partial charge in [0.1, 0.15) is 0 Å². The molecular weight excluding hydrogens is 224 g/mol. The SMILES string of the molecule is CCS(=O)CCNC(=O)C1CCCC(C)N1. The fourth-order valence-corrected chi connectivity index (χ4v) is 2.52. The summed E-state index contributed by atoms with van der Waals surface area (Å²) in [6.07, 6.45) is 3.16. The van der Waals surface area contributed by atoms with Crippen LogP contribution in [-0.4, -0.2) is 40.3 Å². The summed E-state index contributed by atoms with van der Waals surface area (Å²) in [7, 11) is -0.790. The van der Waals surface area contributed by atoms with Crippen molar-refractivity contribution in [3.8, 4) is 0 Å². The van der Waals surface area contributed by atoms with Crippen LogP contribution in [-0.2, 0) is 15.6 Å². The van der Waals surface area contributed by atoms with Crippen LogP contribution in [0.2, 0.25) is 0 Å². The van der Waals surface area contributed by atoms with Crippen molar-refractivity contribution in [2.75, 3.05) is 18.1 Å². The van der Waals surface area contributed by atoms with Gasteiger partial charge in [-0.3, -0.25) is 9.00 Å². The first-order valence-corrected chi connectivity index (χ1v) is 7.51. The zero-order valence-corrected chi connectivity index (χ0v) is 10.9. The summed E-state index contributed by atoms with van der Waals surface area (Å²) >= 11 is 0. The molecule has 1 aliphatic heterocycles. The molecule has 0 aromatic heterocycles. The molecule has 5 heteroatoms. The predicted molar refractivity (Wildman–Crippen MR) is 66.8 cm³/mol. The Hall–Kier alpha value is -0.420. The molecule has 1 rings (SSSR count). The lowest BCUT2D eigenvalue weighted by Crippen LogP contribution is -2.50. The summed E-state index contributed by atoms with van der Waals surface area (Å²) in [5, 5.41) is 6.12. The minimum Gasteiger partial charge on any atom is -0.354 e. The van der Waals surface area contributed by atoms with Crippen molar-refractivity contribution in [1.29, 1.82) is 0 Å².